The molecule has 0 saturated heterocycles. The summed E-state index contributed by atoms with van der Waals surface area (Å²) in [5, 5.41) is 1.77. The second-order valence-corrected chi connectivity index (χ2v) is 6.13. The van der Waals surface area contributed by atoms with Crippen LogP contribution in [0.15, 0.2) is 82.1 Å². The molecule has 0 aliphatic carbocycles. The smallest absolute Gasteiger partial charge is 0.266 e. The van der Waals surface area contributed by atoms with Crippen LogP contribution in [0.1, 0.15) is 10.4 Å². The highest BCUT2D eigenvalue weighted by molar-refractivity contribution is 7.97. The topological polar surface area (TPSA) is 54.3 Å². The van der Waals surface area contributed by atoms with Gasteiger partial charge in [0, 0.05) is 15.7 Å². The van der Waals surface area contributed by atoms with Gasteiger partial charge < -0.3 is 4.42 Å². The fourth-order valence-corrected chi connectivity index (χ4v) is 3.21. The molecule has 0 unspecified atom stereocenters. The molecule has 0 bridgehead atoms. The van der Waals surface area contributed by atoms with Gasteiger partial charge >= 0.3 is 0 Å². The fraction of sp³-hybridized carbons (Fsp3) is 0. The van der Waals surface area contributed by atoms with Crippen LogP contribution in [0.4, 0.5) is 0 Å². The van der Waals surface area contributed by atoms with Gasteiger partial charge in [0.1, 0.15) is 11.2 Å². The highest BCUT2D eigenvalue weighted by atomic mass is 32.2. The summed E-state index contributed by atoms with van der Waals surface area (Å²) in [7, 11) is 0. The zero-order valence-corrected chi connectivity index (χ0v) is 13.5. The van der Waals surface area contributed by atoms with E-state index in [0.29, 0.717) is 11.1 Å². The van der Waals surface area contributed by atoms with Crippen LogP contribution in [0.25, 0.3) is 21.9 Å². The molecule has 1 aromatic heterocycles. The molecule has 4 nitrogen and oxygen atoms in total. The van der Waals surface area contributed by atoms with E-state index < -0.39 is 0 Å². The van der Waals surface area contributed by atoms with Gasteiger partial charge in [-0.05, 0) is 42.3 Å². The molecule has 1 amide bonds. The molecule has 1 heterocycles. The molecular weight excluding hydrogens is 320 g/mol. The lowest BCUT2D eigenvalue weighted by Gasteiger charge is -2.07. The Bertz CT molecular complexity index is 1010. The van der Waals surface area contributed by atoms with Gasteiger partial charge in [0.05, 0.1) is 5.56 Å². The average Bonchev–Trinajstić information content (AvgIpc) is 3.01. The van der Waals surface area contributed by atoms with Crippen molar-refractivity contribution in [3.05, 3.63) is 78.4 Å². The van der Waals surface area contributed by atoms with Gasteiger partial charge in [-0.3, -0.25) is 10.2 Å². The highest BCUT2D eigenvalue weighted by Crippen LogP contribution is 2.31. The molecule has 4 aromatic rings. The molecule has 4 rings (SSSR count). The van der Waals surface area contributed by atoms with Crippen LogP contribution < -0.4 is 10.3 Å². The summed E-state index contributed by atoms with van der Waals surface area (Å²) < 4.78 is 5.81. The number of para-hydroxylation sites is 1. The van der Waals surface area contributed by atoms with Gasteiger partial charge in [0.25, 0.3) is 5.91 Å². The maximum Gasteiger partial charge on any atom is 0.266 e. The third kappa shape index (κ3) is 2.75. The van der Waals surface area contributed by atoms with Crippen molar-refractivity contribution in [1.82, 2.24) is 10.3 Å². The van der Waals surface area contributed by atoms with E-state index >= 15 is 0 Å². The van der Waals surface area contributed by atoms with E-state index in [9.17, 15) is 4.79 Å². The van der Waals surface area contributed by atoms with Crippen LogP contribution in [0.2, 0.25) is 0 Å². The number of hydrogen-bond acceptors (Lipinski definition) is 4. The van der Waals surface area contributed by atoms with E-state index in [1.807, 2.05) is 66.7 Å². The van der Waals surface area contributed by atoms with Crippen molar-refractivity contribution >= 4 is 39.8 Å². The van der Waals surface area contributed by atoms with E-state index in [-0.39, 0.29) is 5.91 Å². The number of benzene rings is 3. The summed E-state index contributed by atoms with van der Waals surface area (Å²) >= 11 is 1.35. The minimum absolute atomic E-state index is 0.199. The Kier molecular flexibility index (Phi) is 3.94. The zero-order valence-electron chi connectivity index (χ0n) is 12.7. The van der Waals surface area contributed by atoms with Crippen molar-refractivity contribution in [3.63, 3.8) is 0 Å². The zero-order chi connectivity index (χ0) is 16.4. The van der Waals surface area contributed by atoms with Crippen LogP contribution in [0.3, 0.4) is 0 Å². The van der Waals surface area contributed by atoms with Crippen LogP contribution in [0.5, 0.6) is 0 Å². The molecule has 0 fully saturated rings. The van der Waals surface area contributed by atoms with Gasteiger partial charge in [0.2, 0.25) is 0 Å². The summed E-state index contributed by atoms with van der Waals surface area (Å²) in [6.45, 7) is 0. The first kappa shape index (κ1) is 14.8. The second-order valence-electron chi connectivity index (χ2n) is 5.25. The number of nitrogens with one attached hydrogen (secondary N) is 2. The van der Waals surface area contributed by atoms with Gasteiger partial charge in [0.15, 0.2) is 0 Å². The summed E-state index contributed by atoms with van der Waals surface area (Å²) in [5.41, 5.74) is 4.79. The van der Waals surface area contributed by atoms with Crippen LogP contribution >= 0.6 is 11.9 Å². The third-order valence-electron chi connectivity index (χ3n) is 3.72. The Morgan fingerprint density at radius 1 is 0.833 bits per heavy atom. The number of fused-ring (bicyclic) bond motifs is 3. The molecule has 0 saturated carbocycles. The van der Waals surface area contributed by atoms with E-state index in [0.717, 1.165) is 21.3 Å². The first-order chi connectivity index (χ1) is 11.8. The van der Waals surface area contributed by atoms with Crippen molar-refractivity contribution < 1.29 is 9.21 Å². The lowest BCUT2D eigenvalue weighted by molar-refractivity contribution is 0.0948. The maximum atomic E-state index is 12.6. The summed E-state index contributed by atoms with van der Waals surface area (Å²) in [4.78, 5) is 16.5. The Morgan fingerprint density at radius 3 is 2.46 bits per heavy atom. The second kappa shape index (κ2) is 6.39. The SMILES string of the molecule is O=C(NNSc1ccccc1)c1cccc2oc3ccccc3c12. The number of rotatable bonds is 4. The molecule has 0 aliphatic rings. The lowest BCUT2D eigenvalue weighted by atomic mass is 10.1. The standard InChI is InChI=1S/C19H14N2O2S/c22-19(20-21-24-13-7-2-1-3-8-13)15-10-6-12-17-18(15)14-9-4-5-11-16(14)23-17/h1-12,21H,(H,20,22). The molecular formula is C19H14N2O2S. The summed E-state index contributed by atoms with van der Waals surface area (Å²) in [5.74, 6) is -0.199. The Morgan fingerprint density at radius 2 is 1.58 bits per heavy atom. The molecule has 0 aliphatic heterocycles. The number of furan rings is 1. The molecule has 2 N–H and O–H groups in total. The average molecular weight is 334 g/mol. The monoisotopic (exact) mass is 334 g/mol. The van der Waals surface area contributed by atoms with Crippen molar-refractivity contribution in [3.8, 4) is 0 Å². The molecule has 5 heteroatoms. The quantitative estimate of drug-likeness (QED) is 0.425. The molecule has 0 atom stereocenters. The Hall–Kier alpha value is -2.76. The minimum atomic E-state index is -0.199. The normalized spacial score (nSPS) is 11.0. The Labute approximate surface area is 143 Å². The lowest BCUT2D eigenvalue weighted by Crippen LogP contribution is -2.32. The molecule has 0 spiro atoms. The summed E-state index contributed by atoms with van der Waals surface area (Å²) in [6, 6.07) is 23.0. The van der Waals surface area contributed by atoms with Crippen molar-refractivity contribution in [1.29, 1.82) is 0 Å². The fourth-order valence-electron chi connectivity index (χ4n) is 2.65. The molecule has 0 radical (unpaired) electrons. The van der Waals surface area contributed by atoms with Crippen molar-refractivity contribution in [2.75, 3.05) is 0 Å². The first-order valence-electron chi connectivity index (χ1n) is 7.50. The predicted molar refractivity (Wildman–Crippen MR) is 96.6 cm³/mol. The highest BCUT2D eigenvalue weighted by Gasteiger charge is 2.15. The van der Waals surface area contributed by atoms with Gasteiger partial charge in [-0.15, -0.1) is 0 Å². The number of hydrogen-bond donors (Lipinski definition) is 2. The van der Waals surface area contributed by atoms with E-state index in [2.05, 4.69) is 10.3 Å². The van der Waals surface area contributed by atoms with Crippen LogP contribution in [-0.4, -0.2) is 5.91 Å². The third-order valence-corrected chi connectivity index (χ3v) is 4.44. The van der Waals surface area contributed by atoms with Gasteiger partial charge in [-0.1, -0.05) is 42.5 Å². The first-order valence-corrected chi connectivity index (χ1v) is 8.32. The number of carbonyl (C=O) groups is 1. The van der Waals surface area contributed by atoms with Gasteiger partial charge in [-0.2, -0.15) is 4.83 Å². The maximum absolute atomic E-state index is 12.6. The predicted octanol–water partition coefficient (Wildman–Crippen LogP) is 4.53. The molecule has 24 heavy (non-hydrogen) atoms. The summed E-state index contributed by atoms with van der Waals surface area (Å²) in [6.07, 6.45) is 0. The van der Waals surface area contributed by atoms with Gasteiger partial charge in [-0.25, -0.2) is 0 Å². The van der Waals surface area contributed by atoms with E-state index in [1.54, 1.807) is 6.07 Å². The number of carbonyl (C=O) groups excluding carboxylic acids is 1. The van der Waals surface area contributed by atoms with Crippen molar-refractivity contribution in [2.24, 2.45) is 0 Å². The number of amides is 1. The van der Waals surface area contributed by atoms with Crippen molar-refractivity contribution in [2.45, 2.75) is 4.90 Å². The number of hydrazine groups is 1. The molecule has 118 valence electrons. The van der Waals surface area contributed by atoms with E-state index in [4.69, 9.17) is 4.42 Å². The van der Waals surface area contributed by atoms with Crippen LogP contribution in [-0.2, 0) is 0 Å². The Balaban J connectivity index is 1.60. The minimum Gasteiger partial charge on any atom is -0.456 e. The van der Waals surface area contributed by atoms with Crippen LogP contribution in [0, 0.1) is 0 Å². The van der Waals surface area contributed by atoms with E-state index in [1.165, 1.54) is 11.9 Å². The largest absolute Gasteiger partial charge is 0.456 e. The molecule has 3 aromatic carbocycles.